The van der Waals surface area contributed by atoms with Crippen LogP contribution in [0.25, 0.3) is 0 Å². The van der Waals surface area contributed by atoms with Gasteiger partial charge in [-0.25, -0.2) is 0 Å². The molecule has 0 aliphatic heterocycles. The second-order valence-corrected chi connectivity index (χ2v) is 11.5. The molecule has 1 N–H and O–H groups in total. The van der Waals surface area contributed by atoms with Gasteiger partial charge < -0.3 is 14.3 Å². The Labute approximate surface area is 197 Å². The van der Waals surface area contributed by atoms with Crippen molar-refractivity contribution < 1.29 is 14.3 Å². The van der Waals surface area contributed by atoms with Crippen molar-refractivity contribution in [3.05, 3.63) is 127 Å². The first-order chi connectivity index (χ1) is 16.3. The summed E-state index contributed by atoms with van der Waals surface area (Å²) in [5, 5.41) is 14.3. The quantitative estimate of drug-likeness (QED) is 0.214. The number of hydrogen-bond donors (Lipinski definition) is 1. The van der Waals surface area contributed by atoms with Gasteiger partial charge in [-0.1, -0.05) is 121 Å². The second kappa shape index (κ2) is 11.7. The number of hydrogen-bond acceptors (Lipinski definition) is 3. The minimum atomic E-state index is -2.79. The number of aliphatic hydroxyl groups is 1. The monoisotopic (exact) mass is 454 g/mol. The van der Waals surface area contributed by atoms with Gasteiger partial charge in [0.1, 0.15) is 0 Å². The van der Waals surface area contributed by atoms with Crippen LogP contribution in [0.1, 0.15) is 12.0 Å². The van der Waals surface area contributed by atoms with Crippen LogP contribution in [0.3, 0.4) is 0 Å². The minimum Gasteiger partial charge on any atom is -0.402 e. The zero-order valence-corrected chi connectivity index (χ0v) is 19.7. The van der Waals surface area contributed by atoms with Crippen LogP contribution in [-0.2, 0) is 15.8 Å². The zero-order chi connectivity index (χ0) is 22.8. The summed E-state index contributed by atoms with van der Waals surface area (Å²) < 4.78 is 12.6. The molecule has 1 atom stereocenters. The lowest BCUT2D eigenvalue weighted by Crippen LogP contribution is -2.69. The highest BCUT2D eigenvalue weighted by Crippen LogP contribution is 2.11. The number of rotatable bonds is 11. The molecular formula is C29H30O3Si. The average Bonchev–Trinajstić information content (AvgIpc) is 2.89. The van der Waals surface area contributed by atoms with Crippen LogP contribution in [0.15, 0.2) is 121 Å². The Hall–Kier alpha value is -3.02. The Kier molecular flexibility index (Phi) is 8.23. The number of ether oxygens (including phenoxy) is 1. The molecular weight excluding hydrogens is 424 g/mol. The fourth-order valence-corrected chi connectivity index (χ4v) is 7.98. The molecule has 0 saturated heterocycles. The molecule has 4 heteroatoms. The zero-order valence-electron chi connectivity index (χ0n) is 18.7. The van der Waals surface area contributed by atoms with Gasteiger partial charge in [-0.05, 0) is 27.5 Å². The summed E-state index contributed by atoms with van der Waals surface area (Å²) in [5.41, 5.74) is 1.13. The van der Waals surface area contributed by atoms with E-state index in [-0.39, 0.29) is 6.61 Å². The van der Waals surface area contributed by atoms with E-state index in [1.165, 1.54) is 0 Å². The molecule has 0 spiro atoms. The molecule has 4 aromatic carbocycles. The fraction of sp³-hybridized carbons (Fsp3) is 0.172. The van der Waals surface area contributed by atoms with Crippen LogP contribution in [0.2, 0.25) is 0 Å². The van der Waals surface area contributed by atoms with Gasteiger partial charge in [0.15, 0.2) is 0 Å². The Morgan fingerprint density at radius 3 is 1.48 bits per heavy atom. The van der Waals surface area contributed by atoms with Crippen LogP contribution in [-0.4, -0.2) is 32.7 Å². The van der Waals surface area contributed by atoms with Gasteiger partial charge in [-0.3, -0.25) is 0 Å². The van der Waals surface area contributed by atoms with Crippen molar-refractivity contribution in [2.45, 2.75) is 19.1 Å². The van der Waals surface area contributed by atoms with Crippen LogP contribution >= 0.6 is 0 Å². The van der Waals surface area contributed by atoms with Crippen LogP contribution in [0, 0.1) is 0 Å². The molecule has 3 nitrogen and oxygen atoms in total. The van der Waals surface area contributed by atoms with E-state index in [2.05, 4.69) is 72.8 Å². The van der Waals surface area contributed by atoms with Crippen molar-refractivity contribution >= 4 is 23.9 Å². The van der Waals surface area contributed by atoms with Gasteiger partial charge in [0, 0.05) is 6.61 Å². The first-order valence-electron chi connectivity index (χ1n) is 11.4. The molecule has 0 bridgehead atoms. The molecule has 0 unspecified atom stereocenters. The van der Waals surface area contributed by atoms with E-state index >= 15 is 0 Å². The molecule has 33 heavy (non-hydrogen) atoms. The Morgan fingerprint density at radius 1 is 0.606 bits per heavy atom. The van der Waals surface area contributed by atoms with Crippen molar-refractivity contribution in [1.82, 2.24) is 0 Å². The second-order valence-electron chi connectivity index (χ2n) is 8.07. The molecule has 4 rings (SSSR count). The predicted molar refractivity (Wildman–Crippen MR) is 137 cm³/mol. The molecule has 4 aromatic rings. The molecule has 0 radical (unpaired) electrons. The third kappa shape index (κ3) is 5.86. The van der Waals surface area contributed by atoms with Crippen molar-refractivity contribution in [2.75, 3.05) is 13.2 Å². The first kappa shape index (κ1) is 23.1. The molecule has 0 aliphatic carbocycles. The van der Waals surface area contributed by atoms with Crippen LogP contribution in [0.5, 0.6) is 0 Å². The Bertz CT molecular complexity index is 976. The van der Waals surface area contributed by atoms with Crippen molar-refractivity contribution in [2.24, 2.45) is 0 Å². The van der Waals surface area contributed by atoms with Gasteiger partial charge >= 0.3 is 0 Å². The third-order valence-corrected chi connectivity index (χ3v) is 9.78. The summed E-state index contributed by atoms with van der Waals surface area (Å²) in [6, 6.07) is 41.3. The van der Waals surface area contributed by atoms with Crippen molar-refractivity contribution in [1.29, 1.82) is 0 Å². The highest BCUT2D eigenvalue weighted by molar-refractivity contribution is 7.07. The standard InChI is InChI=1S/C29H30O3Si/c30-26(21-22-31-23-25-13-5-1-6-14-25)24-32-33(27-15-7-2-8-16-27,28-17-9-3-10-18-28)29-19-11-4-12-20-29/h1-20,26,30H,21-24H2/t26-/m0/s1. The van der Waals surface area contributed by atoms with E-state index in [0.717, 1.165) is 21.1 Å². The van der Waals surface area contributed by atoms with Gasteiger partial charge in [0.25, 0.3) is 8.32 Å². The van der Waals surface area contributed by atoms with Gasteiger partial charge in [0.05, 0.1) is 19.3 Å². The minimum absolute atomic E-state index is 0.250. The molecule has 0 fully saturated rings. The summed E-state index contributed by atoms with van der Waals surface area (Å²) >= 11 is 0. The third-order valence-electron chi connectivity index (χ3n) is 5.74. The largest absolute Gasteiger partial charge is 0.402 e. The number of aliphatic hydroxyl groups excluding tert-OH is 1. The molecule has 0 amide bonds. The smallest absolute Gasteiger partial charge is 0.288 e. The van der Waals surface area contributed by atoms with E-state index in [0.29, 0.717) is 19.6 Å². The first-order valence-corrected chi connectivity index (χ1v) is 13.3. The summed E-state index contributed by atoms with van der Waals surface area (Å²) in [6.45, 7) is 1.28. The highest BCUT2D eigenvalue weighted by Gasteiger charge is 2.42. The maximum Gasteiger partial charge on any atom is 0.288 e. The molecule has 0 aromatic heterocycles. The molecule has 0 saturated carbocycles. The predicted octanol–water partition coefficient (Wildman–Crippen LogP) is 3.64. The van der Waals surface area contributed by atoms with E-state index in [1.54, 1.807) is 0 Å². The summed E-state index contributed by atoms with van der Waals surface area (Å²) in [4.78, 5) is 0. The van der Waals surface area contributed by atoms with Crippen LogP contribution < -0.4 is 15.6 Å². The van der Waals surface area contributed by atoms with Crippen molar-refractivity contribution in [3.8, 4) is 0 Å². The topological polar surface area (TPSA) is 38.7 Å². The summed E-state index contributed by atoms with van der Waals surface area (Å²) in [5.74, 6) is 0. The van der Waals surface area contributed by atoms with Gasteiger partial charge in [-0.15, -0.1) is 0 Å². The maximum absolute atomic E-state index is 10.8. The van der Waals surface area contributed by atoms with E-state index < -0.39 is 14.4 Å². The molecule has 0 heterocycles. The summed E-state index contributed by atoms with van der Waals surface area (Å²) in [7, 11) is -2.79. The number of benzene rings is 4. The lowest BCUT2D eigenvalue weighted by molar-refractivity contribution is 0.0492. The van der Waals surface area contributed by atoms with Gasteiger partial charge in [0.2, 0.25) is 0 Å². The van der Waals surface area contributed by atoms with E-state index in [9.17, 15) is 5.11 Å². The van der Waals surface area contributed by atoms with Crippen molar-refractivity contribution in [3.63, 3.8) is 0 Å². The Morgan fingerprint density at radius 2 is 1.03 bits per heavy atom. The molecule has 168 valence electrons. The van der Waals surface area contributed by atoms with Gasteiger partial charge in [-0.2, -0.15) is 0 Å². The molecule has 0 aliphatic rings. The average molecular weight is 455 g/mol. The van der Waals surface area contributed by atoms with Crippen LogP contribution in [0.4, 0.5) is 0 Å². The van der Waals surface area contributed by atoms with E-state index in [4.69, 9.17) is 9.16 Å². The Balaban J connectivity index is 1.52. The summed E-state index contributed by atoms with van der Waals surface area (Å²) in [6.07, 6.45) is -0.0841. The lowest BCUT2D eigenvalue weighted by Gasteiger charge is -2.34. The maximum atomic E-state index is 10.8. The highest BCUT2D eigenvalue weighted by atomic mass is 28.4. The lowest BCUT2D eigenvalue weighted by atomic mass is 10.2. The SMILES string of the molecule is O[C@@H](CCOCc1ccccc1)CO[Si](c1ccccc1)(c1ccccc1)c1ccccc1. The fourth-order valence-electron chi connectivity index (χ4n) is 4.06. The van der Waals surface area contributed by atoms with E-state index in [1.807, 2.05) is 48.5 Å². The normalized spacial score (nSPS) is 12.4.